The van der Waals surface area contributed by atoms with E-state index in [4.69, 9.17) is 4.74 Å². The number of aliphatic imine (C=N–C) groups is 1. The lowest BCUT2D eigenvalue weighted by atomic mass is 10.2. The molecule has 0 unspecified atom stereocenters. The third kappa shape index (κ3) is 6.58. The van der Waals surface area contributed by atoms with Gasteiger partial charge in [0, 0.05) is 13.6 Å². The van der Waals surface area contributed by atoms with E-state index in [0.717, 1.165) is 11.3 Å². The Hall–Kier alpha value is -2.58. The normalized spacial score (nSPS) is 11.9. The molecule has 7 nitrogen and oxygen atoms in total. The number of benzene rings is 2. The Bertz CT molecular complexity index is 848. The number of rotatable bonds is 8. The van der Waals surface area contributed by atoms with Crippen LogP contribution in [-0.4, -0.2) is 41.6 Å². The van der Waals surface area contributed by atoms with Crippen LogP contribution in [0.15, 0.2) is 58.4 Å². The van der Waals surface area contributed by atoms with Gasteiger partial charge in [-0.15, -0.1) is 0 Å². The van der Waals surface area contributed by atoms with Crippen LogP contribution in [0.3, 0.4) is 0 Å². The lowest BCUT2D eigenvalue weighted by Crippen LogP contribution is -2.38. The van der Waals surface area contributed by atoms with Crippen molar-refractivity contribution < 1.29 is 13.2 Å². The van der Waals surface area contributed by atoms with Gasteiger partial charge in [0.1, 0.15) is 12.4 Å². The molecular weight excluding hydrogens is 364 g/mol. The van der Waals surface area contributed by atoms with E-state index in [2.05, 4.69) is 20.3 Å². The molecule has 0 radical (unpaired) electrons. The van der Waals surface area contributed by atoms with Crippen LogP contribution in [0.1, 0.15) is 11.1 Å². The van der Waals surface area contributed by atoms with Gasteiger partial charge in [-0.2, -0.15) is 0 Å². The fourth-order valence-corrected chi connectivity index (χ4v) is 3.01. The first-order valence-corrected chi connectivity index (χ1v) is 10.1. The summed E-state index contributed by atoms with van der Waals surface area (Å²) in [4.78, 5) is 4.40. The molecule has 0 bridgehead atoms. The van der Waals surface area contributed by atoms with Crippen molar-refractivity contribution in [2.24, 2.45) is 4.99 Å². The van der Waals surface area contributed by atoms with Gasteiger partial charge < -0.3 is 15.4 Å². The lowest BCUT2D eigenvalue weighted by Gasteiger charge is -2.13. The molecule has 0 aliphatic heterocycles. The van der Waals surface area contributed by atoms with Gasteiger partial charge in [-0.05, 0) is 43.8 Å². The molecule has 2 rings (SSSR count). The van der Waals surface area contributed by atoms with E-state index in [1.165, 1.54) is 12.6 Å². The van der Waals surface area contributed by atoms with Crippen LogP contribution in [0.2, 0.25) is 0 Å². The van der Waals surface area contributed by atoms with Crippen molar-refractivity contribution in [2.75, 3.05) is 27.2 Å². The lowest BCUT2D eigenvalue weighted by molar-refractivity contribution is 0.322. The highest BCUT2D eigenvalue weighted by molar-refractivity contribution is 7.89. The second-order valence-corrected chi connectivity index (χ2v) is 7.75. The van der Waals surface area contributed by atoms with Crippen LogP contribution in [-0.2, 0) is 16.6 Å². The molecule has 0 aliphatic carbocycles. The maximum absolute atomic E-state index is 11.7. The zero-order valence-corrected chi connectivity index (χ0v) is 16.6. The highest BCUT2D eigenvalue weighted by atomic mass is 32.2. The molecule has 0 atom stereocenters. The zero-order valence-electron chi connectivity index (χ0n) is 15.8. The molecule has 3 N–H and O–H groups in total. The Kier molecular flexibility index (Phi) is 7.63. The van der Waals surface area contributed by atoms with Crippen molar-refractivity contribution in [3.63, 3.8) is 0 Å². The number of sulfonamides is 1. The van der Waals surface area contributed by atoms with Crippen molar-refractivity contribution in [2.45, 2.75) is 18.4 Å². The van der Waals surface area contributed by atoms with E-state index in [1.54, 1.807) is 31.3 Å². The van der Waals surface area contributed by atoms with Crippen LogP contribution in [0, 0.1) is 6.92 Å². The largest absolute Gasteiger partial charge is 0.492 e. The second kappa shape index (κ2) is 9.94. The fourth-order valence-electron chi connectivity index (χ4n) is 2.28. The monoisotopic (exact) mass is 390 g/mol. The van der Waals surface area contributed by atoms with E-state index in [1.807, 2.05) is 31.2 Å². The van der Waals surface area contributed by atoms with E-state index >= 15 is 0 Å². The first kappa shape index (κ1) is 20.7. The highest BCUT2D eigenvalue weighted by Gasteiger charge is 2.10. The van der Waals surface area contributed by atoms with Gasteiger partial charge in [0.05, 0.1) is 11.4 Å². The van der Waals surface area contributed by atoms with Crippen molar-refractivity contribution in [3.05, 3.63) is 59.7 Å². The minimum absolute atomic E-state index is 0.240. The third-order valence-electron chi connectivity index (χ3n) is 3.87. The number of nitrogens with one attached hydrogen (secondary N) is 3. The van der Waals surface area contributed by atoms with E-state index in [0.29, 0.717) is 25.7 Å². The first-order valence-electron chi connectivity index (χ1n) is 8.61. The van der Waals surface area contributed by atoms with Crippen LogP contribution >= 0.6 is 0 Å². The quantitative estimate of drug-likeness (QED) is 0.362. The maximum Gasteiger partial charge on any atom is 0.240 e. The molecule has 2 aromatic rings. The number of guanidine groups is 1. The van der Waals surface area contributed by atoms with Crippen LogP contribution in [0.25, 0.3) is 0 Å². The van der Waals surface area contributed by atoms with Crippen LogP contribution in [0.5, 0.6) is 5.75 Å². The zero-order chi connectivity index (χ0) is 19.7. The molecule has 0 amide bonds. The Labute approximate surface area is 160 Å². The summed E-state index contributed by atoms with van der Waals surface area (Å²) in [7, 11) is -0.327. The Morgan fingerprint density at radius 1 is 1.04 bits per heavy atom. The fraction of sp³-hybridized carbons (Fsp3) is 0.316. The molecule has 0 aromatic heterocycles. The van der Waals surface area contributed by atoms with E-state index in [-0.39, 0.29) is 4.90 Å². The third-order valence-corrected chi connectivity index (χ3v) is 5.30. The highest BCUT2D eigenvalue weighted by Crippen LogP contribution is 2.11. The summed E-state index contributed by atoms with van der Waals surface area (Å²) in [5, 5.41) is 6.36. The number of aryl methyl sites for hydroxylation is 1. The summed E-state index contributed by atoms with van der Waals surface area (Å²) in [6.07, 6.45) is 0. The summed E-state index contributed by atoms with van der Waals surface area (Å²) in [5.41, 5.74) is 2.14. The van der Waals surface area contributed by atoms with Gasteiger partial charge in [0.15, 0.2) is 5.96 Å². The molecule has 0 fully saturated rings. The smallest absolute Gasteiger partial charge is 0.240 e. The van der Waals surface area contributed by atoms with Gasteiger partial charge in [-0.3, -0.25) is 4.99 Å². The van der Waals surface area contributed by atoms with Gasteiger partial charge in [0.2, 0.25) is 10.0 Å². The van der Waals surface area contributed by atoms with Crippen LogP contribution in [0.4, 0.5) is 0 Å². The van der Waals surface area contributed by atoms with E-state index in [9.17, 15) is 8.42 Å². The molecule has 0 aliphatic rings. The summed E-state index contributed by atoms with van der Waals surface area (Å²) in [6, 6.07) is 14.6. The second-order valence-electron chi connectivity index (χ2n) is 5.87. The van der Waals surface area contributed by atoms with E-state index < -0.39 is 10.0 Å². The molecule has 0 saturated heterocycles. The number of hydrogen-bond donors (Lipinski definition) is 3. The number of nitrogens with zero attached hydrogens (tertiary/aromatic N) is 1. The van der Waals surface area contributed by atoms with Crippen molar-refractivity contribution >= 4 is 16.0 Å². The van der Waals surface area contributed by atoms with Gasteiger partial charge in [0.25, 0.3) is 0 Å². The van der Waals surface area contributed by atoms with Gasteiger partial charge in [-0.1, -0.05) is 29.8 Å². The Balaban J connectivity index is 1.76. The van der Waals surface area contributed by atoms with Gasteiger partial charge >= 0.3 is 0 Å². The summed E-state index contributed by atoms with van der Waals surface area (Å²) >= 11 is 0. The standard InChI is InChI=1S/C19H26N4O3S/c1-15-4-8-17(9-5-15)26-13-12-22-19(20-2)23-14-16-6-10-18(11-7-16)27(24,25)21-3/h4-11,21H,12-14H2,1-3H3,(H2,20,22,23). The van der Waals surface area contributed by atoms with Crippen molar-refractivity contribution in [3.8, 4) is 5.75 Å². The minimum Gasteiger partial charge on any atom is -0.492 e. The summed E-state index contributed by atoms with van der Waals surface area (Å²) in [6.45, 7) is 3.68. The van der Waals surface area contributed by atoms with Crippen molar-refractivity contribution in [1.29, 1.82) is 0 Å². The minimum atomic E-state index is -3.41. The first-order chi connectivity index (χ1) is 12.9. The predicted molar refractivity (Wildman–Crippen MR) is 108 cm³/mol. The average molecular weight is 391 g/mol. The number of hydrogen-bond acceptors (Lipinski definition) is 4. The molecular formula is C19H26N4O3S. The molecule has 8 heteroatoms. The maximum atomic E-state index is 11.7. The molecule has 146 valence electrons. The molecule has 0 saturated carbocycles. The Morgan fingerprint density at radius 2 is 1.70 bits per heavy atom. The van der Waals surface area contributed by atoms with Crippen molar-refractivity contribution in [1.82, 2.24) is 15.4 Å². The predicted octanol–water partition coefficient (Wildman–Crippen LogP) is 1.65. The molecule has 27 heavy (non-hydrogen) atoms. The van der Waals surface area contributed by atoms with Crippen LogP contribution < -0.4 is 20.1 Å². The topological polar surface area (TPSA) is 91.8 Å². The molecule has 0 spiro atoms. The molecule has 2 aromatic carbocycles. The summed E-state index contributed by atoms with van der Waals surface area (Å²) < 4.78 is 31.4. The Morgan fingerprint density at radius 3 is 2.30 bits per heavy atom. The van der Waals surface area contributed by atoms with Gasteiger partial charge in [-0.25, -0.2) is 13.1 Å². The summed E-state index contributed by atoms with van der Waals surface area (Å²) in [5.74, 6) is 1.48. The SMILES string of the molecule is CN=C(NCCOc1ccc(C)cc1)NCc1ccc(S(=O)(=O)NC)cc1. The average Bonchev–Trinajstić information content (AvgIpc) is 2.69. The molecule has 0 heterocycles. The number of ether oxygens (including phenoxy) is 1.